The lowest BCUT2D eigenvalue weighted by Gasteiger charge is -2.33. The van der Waals surface area contributed by atoms with Crippen molar-refractivity contribution >= 4 is 0 Å². The van der Waals surface area contributed by atoms with E-state index in [0.717, 1.165) is 0 Å². The fourth-order valence-corrected chi connectivity index (χ4v) is 8.84. The quantitative estimate of drug-likeness (QED) is 0.0573. The highest BCUT2D eigenvalue weighted by atomic mass is 15.4. The molecule has 0 unspecified atom stereocenters. The lowest BCUT2D eigenvalue weighted by atomic mass is 10.0. The van der Waals surface area contributed by atoms with Gasteiger partial charge < -0.3 is 9.80 Å². The van der Waals surface area contributed by atoms with Crippen LogP contribution in [-0.4, -0.2) is 29.1 Å². The van der Waals surface area contributed by atoms with E-state index in [1.807, 2.05) is 0 Å². The number of hydrogen-bond donors (Lipinski definition) is 0. The van der Waals surface area contributed by atoms with Crippen LogP contribution in [-0.2, 0) is 0 Å². The number of unbranched alkanes of at least 4 members (excludes halogenated alkanes) is 39. The van der Waals surface area contributed by atoms with Crippen LogP contribution in [0.2, 0.25) is 0 Å². The van der Waals surface area contributed by atoms with Gasteiger partial charge in [0.1, 0.15) is 6.17 Å². The highest BCUT2D eigenvalue weighted by Crippen LogP contribution is 2.24. The monoisotopic (exact) mass is 743 g/mol. The Bertz CT molecular complexity index is 660. The lowest BCUT2D eigenvalue weighted by Crippen LogP contribution is -2.39. The lowest BCUT2D eigenvalue weighted by molar-refractivity contribution is 0.135. The molecule has 0 saturated carbocycles. The third kappa shape index (κ3) is 34.3. The topological polar surface area (TPSA) is 6.48 Å². The summed E-state index contributed by atoms with van der Waals surface area (Å²) in [5, 5.41) is 0. The molecule has 0 fully saturated rings. The smallest absolute Gasteiger partial charge is 0.101 e. The van der Waals surface area contributed by atoms with Crippen LogP contribution in [0.15, 0.2) is 12.4 Å². The van der Waals surface area contributed by atoms with Gasteiger partial charge in [0, 0.05) is 25.5 Å². The number of hydrogen-bond acceptors (Lipinski definition) is 2. The van der Waals surface area contributed by atoms with Gasteiger partial charge in [0.2, 0.25) is 0 Å². The van der Waals surface area contributed by atoms with Crippen molar-refractivity contribution in [2.45, 2.75) is 303 Å². The molecule has 1 aliphatic heterocycles. The summed E-state index contributed by atoms with van der Waals surface area (Å²) in [7, 11) is 0. The first-order valence-electron chi connectivity index (χ1n) is 25.5. The molecule has 0 radical (unpaired) electrons. The maximum absolute atomic E-state index is 2.74. The fraction of sp³-hybridized carbons (Fsp3) is 0.961. The van der Waals surface area contributed by atoms with Crippen LogP contribution >= 0.6 is 0 Å². The zero-order chi connectivity index (χ0) is 38.0. The molecule has 1 heterocycles. The molecule has 0 atom stereocenters. The van der Waals surface area contributed by atoms with Crippen LogP contribution in [0.1, 0.15) is 297 Å². The average Bonchev–Trinajstić information content (AvgIpc) is 3.55. The summed E-state index contributed by atoms with van der Waals surface area (Å²) in [4.78, 5) is 5.49. The van der Waals surface area contributed by atoms with Crippen molar-refractivity contribution in [3.05, 3.63) is 12.4 Å². The molecule has 316 valence electrons. The molecule has 0 aliphatic carbocycles. The van der Waals surface area contributed by atoms with Crippen LogP contribution < -0.4 is 0 Å². The van der Waals surface area contributed by atoms with Gasteiger partial charge in [-0.1, -0.05) is 271 Å². The summed E-state index contributed by atoms with van der Waals surface area (Å²) in [5.74, 6) is 0. The maximum Gasteiger partial charge on any atom is 0.101 e. The number of nitrogens with zero attached hydrogens (tertiary/aromatic N) is 2. The molecule has 0 N–H and O–H groups in total. The van der Waals surface area contributed by atoms with Crippen molar-refractivity contribution in [1.29, 1.82) is 0 Å². The van der Waals surface area contributed by atoms with E-state index < -0.39 is 0 Å². The van der Waals surface area contributed by atoms with E-state index in [1.54, 1.807) is 0 Å². The van der Waals surface area contributed by atoms with E-state index in [9.17, 15) is 0 Å². The van der Waals surface area contributed by atoms with Gasteiger partial charge in [-0.25, -0.2) is 0 Å². The van der Waals surface area contributed by atoms with Gasteiger partial charge in [0.25, 0.3) is 0 Å². The second-order valence-corrected chi connectivity index (χ2v) is 17.8. The first-order valence-corrected chi connectivity index (χ1v) is 25.5. The Kier molecular flexibility index (Phi) is 40.4. The molecule has 53 heavy (non-hydrogen) atoms. The predicted molar refractivity (Wildman–Crippen MR) is 242 cm³/mol. The summed E-state index contributed by atoms with van der Waals surface area (Å²) in [6, 6.07) is 0. The molecule has 0 aromatic heterocycles. The van der Waals surface area contributed by atoms with Crippen molar-refractivity contribution in [1.82, 2.24) is 9.80 Å². The van der Waals surface area contributed by atoms with E-state index in [1.165, 1.54) is 289 Å². The Labute approximate surface area is 337 Å². The molecule has 0 bridgehead atoms. The molecule has 0 aromatic carbocycles. The van der Waals surface area contributed by atoms with E-state index in [-0.39, 0.29) is 0 Å². The van der Waals surface area contributed by atoms with Gasteiger partial charge >= 0.3 is 0 Å². The van der Waals surface area contributed by atoms with Gasteiger partial charge in [-0.05, 0) is 25.7 Å². The number of rotatable bonds is 45. The second kappa shape index (κ2) is 42.5. The molecular weight excluding hydrogens is 641 g/mol. The molecule has 1 aliphatic rings. The van der Waals surface area contributed by atoms with Gasteiger partial charge in [-0.3, -0.25) is 0 Å². The third-order valence-electron chi connectivity index (χ3n) is 12.6. The first kappa shape index (κ1) is 50.4. The van der Waals surface area contributed by atoms with Crippen molar-refractivity contribution in [2.24, 2.45) is 0 Å². The van der Waals surface area contributed by atoms with Gasteiger partial charge in [0.05, 0.1) is 0 Å². The van der Waals surface area contributed by atoms with Gasteiger partial charge in [-0.2, -0.15) is 0 Å². The zero-order valence-corrected chi connectivity index (χ0v) is 37.4. The normalized spacial score (nSPS) is 13.3. The highest BCUT2D eigenvalue weighted by Gasteiger charge is 2.25. The van der Waals surface area contributed by atoms with Crippen molar-refractivity contribution in [2.75, 3.05) is 13.1 Å². The standard InChI is InChI=1S/C51H102N2/c1-4-7-10-13-16-19-22-25-28-31-34-37-40-43-46-51-52(47-44-41-38-35-32-29-26-23-20-17-14-11-8-5-2)49-50-53(51)48-45-42-39-36-33-30-27-24-21-18-15-12-9-6-3/h49-51H,4-48H2,1-3H3. The van der Waals surface area contributed by atoms with Gasteiger partial charge in [0.15, 0.2) is 0 Å². The zero-order valence-electron chi connectivity index (χ0n) is 37.4. The molecule has 0 aromatic rings. The van der Waals surface area contributed by atoms with Crippen LogP contribution in [0, 0.1) is 0 Å². The van der Waals surface area contributed by atoms with Crippen LogP contribution in [0.4, 0.5) is 0 Å². The molecule has 2 nitrogen and oxygen atoms in total. The van der Waals surface area contributed by atoms with Crippen LogP contribution in [0.3, 0.4) is 0 Å². The fourth-order valence-electron chi connectivity index (χ4n) is 8.84. The highest BCUT2D eigenvalue weighted by molar-refractivity contribution is 4.97. The Morgan fingerprint density at radius 1 is 0.245 bits per heavy atom. The molecular formula is C51H102N2. The molecule has 0 amide bonds. The van der Waals surface area contributed by atoms with Gasteiger partial charge in [-0.15, -0.1) is 0 Å². The van der Waals surface area contributed by atoms with E-state index >= 15 is 0 Å². The Hall–Kier alpha value is -0.660. The predicted octanol–water partition coefficient (Wildman–Crippen LogP) is 18.2. The Morgan fingerprint density at radius 2 is 0.434 bits per heavy atom. The Balaban J connectivity index is 2.20. The minimum absolute atomic E-state index is 0.635. The minimum Gasteiger partial charge on any atom is -0.356 e. The molecule has 1 rings (SSSR count). The summed E-state index contributed by atoms with van der Waals surface area (Å²) in [6.07, 6.45) is 67.9. The van der Waals surface area contributed by atoms with Crippen molar-refractivity contribution in [3.63, 3.8) is 0 Å². The van der Waals surface area contributed by atoms with Crippen molar-refractivity contribution in [3.8, 4) is 0 Å². The summed E-state index contributed by atoms with van der Waals surface area (Å²) < 4.78 is 0. The minimum atomic E-state index is 0.635. The summed E-state index contributed by atoms with van der Waals surface area (Å²) in [6.45, 7) is 9.50. The first-order chi connectivity index (χ1) is 26.3. The molecule has 2 heteroatoms. The second-order valence-electron chi connectivity index (χ2n) is 17.8. The van der Waals surface area contributed by atoms with Crippen molar-refractivity contribution < 1.29 is 0 Å². The average molecular weight is 743 g/mol. The molecule has 0 saturated heterocycles. The van der Waals surface area contributed by atoms with E-state index in [4.69, 9.17) is 0 Å². The summed E-state index contributed by atoms with van der Waals surface area (Å²) in [5.41, 5.74) is 0. The van der Waals surface area contributed by atoms with E-state index in [0.29, 0.717) is 6.17 Å². The van der Waals surface area contributed by atoms with Crippen LogP contribution in [0.25, 0.3) is 0 Å². The summed E-state index contributed by atoms with van der Waals surface area (Å²) >= 11 is 0. The van der Waals surface area contributed by atoms with Crippen LogP contribution in [0.5, 0.6) is 0 Å². The SMILES string of the molecule is CCCCCCCCCCCCCCCCC1N(CCCCCCCCCCCCCCCC)C=CN1CCCCCCCCCCCCCCCC. The molecule has 0 spiro atoms. The largest absolute Gasteiger partial charge is 0.356 e. The maximum atomic E-state index is 2.74. The van der Waals surface area contributed by atoms with E-state index in [2.05, 4.69) is 43.0 Å². The third-order valence-corrected chi connectivity index (χ3v) is 12.6. The Morgan fingerprint density at radius 3 is 0.660 bits per heavy atom.